The highest BCUT2D eigenvalue weighted by Crippen LogP contribution is 2.47. The highest BCUT2D eigenvalue weighted by Gasteiger charge is 2.30. The Balaban J connectivity index is 0.000000116. The number of rotatable bonds is 21. The number of carboxylic acid groups (broad SMARTS) is 1. The van der Waals surface area contributed by atoms with Crippen molar-refractivity contribution in [1.82, 2.24) is 78.3 Å². The summed E-state index contributed by atoms with van der Waals surface area (Å²) in [6, 6.07) is 64.2. The minimum absolute atomic E-state index is 0.0337. The van der Waals surface area contributed by atoms with Gasteiger partial charge < -0.3 is 24.1 Å². The van der Waals surface area contributed by atoms with Gasteiger partial charge in [-0.15, -0.1) is 0 Å². The summed E-state index contributed by atoms with van der Waals surface area (Å²) in [5, 5.41) is 21.3. The van der Waals surface area contributed by atoms with E-state index in [4.69, 9.17) is 42.1 Å². The van der Waals surface area contributed by atoms with Gasteiger partial charge in [0.05, 0.1) is 11.4 Å². The summed E-state index contributed by atoms with van der Waals surface area (Å²) in [7, 11) is 0. The van der Waals surface area contributed by atoms with E-state index in [0.717, 1.165) is 51.8 Å². The number of ether oxygens (including phenoxy) is 4. The quantitative estimate of drug-likeness (QED) is 0.0446. The number of nitrogens with one attached hydrogen (secondary N) is 4. The van der Waals surface area contributed by atoms with Crippen molar-refractivity contribution in [2.24, 2.45) is 5.92 Å². The molecule has 3 saturated carbocycles. The standard InChI is InChI=1S/C23H21ClN4O2.C23H22N4O2.C22H19ClN4O2.C20H16N4O4/c1-14-7-5-12-18(19(14)15-10-6-11-15)30-13-17-20(24)22(29)28-23(25-17)26-21(27-28)16-8-3-2-4-9-16;1-15-6-5-9-20(19(15)12-16-10-11-16)29-14-18-13-21(28)27-23(24-18)25-22(26-27)17-7-3-2-4-8-17;1-13-6-5-9-17(18(13)14-10-11-14)29-12-16-19(23)21(28)27-22(24-16)25-20(26-27)15-7-3-2-4-8-15;1-12-6-5-9-15(17(12)19(26)27)28-11-14-10-16(25)24-20(21-14)22-18(23-24)13-7-3-2-4-8-13/h2-5,7-9,12,15H,6,10-11,13H2,1H3,(H,25,26,27);2-9,13,16H,10-12,14H2,1H3,(H,24,25,26);2-9,14H,10-12H2,1H3,(H,24,25,26);2-10H,11H2,1H3,(H,26,27)(H,21,22,23). The monoisotopic (exact) mass is 1590 g/mol. The molecule has 0 spiro atoms. The maximum Gasteiger partial charge on any atom is 0.339 e. The van der Waals surface area contributed by atoms with E-state index in [0.29, 0.717) is 69.3 Å². The van der Waals surface area contributed by atoms with Crippen LogP contribution in [0.25, 0.3) is 68.7 Å². The van der Waals surface area contributed by atoms with Gasteiger partial charge in [-0.1, -0.05) is 199 Å². The second kappa shape index (κ2) is 33.6. The topological polar surface area (TPSA) is 326 Å². The number of nitrogens with zero attached hydrogens (tertiary/aromatic N) is 12. The van der Waals surface area contributed by atoms with Crippen LogP contribution >= 0.6 is 23.2 Å². The molecule has 8 heterocycles. The van der Waals surface area contributed by atoms with Crippen molar-refractivity contribution >= 4 is 52.3 Å². The zero-order chi connectivity index (χ0) is 80.1. The van der Waals surface area contributed by atoms with Crippen molar-refractivity contribution < 1.29 is 28.8 Å². The molecule has 8 aromatic heterocycles. The molecule has 0 aliphatic heterocycles. The molecule has 26 nitrogen and oxygen atoms in total. The summed E-state index contributed by atoms with van der Waals surface area (Å²) in [5.74, 6) is 6.91. The van der Waals surface area contributed by atoms with Gasteiger partial charge in [0.15, 0.2) is 23.3 Å². The molecule has 0 amide bonds. The van der Waals surface area contributed by atoms with Gasteiger partial charge in [-0.3, -0.25) is 39.6 Å². The van der Waals surface area contributed by atoms with E-state index < -0.39 is 17.1 Å². The highest BCUT2D eigenvalue weighted by molar-refractivity contribution is 6.31. The lowest BCUT2D eigenvalue weighted by Gasteiger charge is -2.29. The number of hydrogen-bond acceptors (Lipinski definition) is 17. The smallest absolute Gasteiger partial charge is 0.339 e. The zero-order valence-electron chi connectivity index (χ0n) is 63.6. The first-order valence-electron chi connectivity index (χ1n) is 38.1. The van der Waals surface area contributed by atoms with Gasteiger partial charge in [0, 0.05) is 45.5 Å². The molecule has 3 aliphatic carbocycles. The fourth-order valence-electron chi connectivity index (χ4n) is 14.0. The molecule has 3 fully saturated rings. The normalized spacial score (nSPS) is 13.1. The molecule has 116 heavy (non-hydrogen) atoms. The first-order chi connectivity index (χ1) is 56.4. The summed E-state index contributed by atoms with van der Waals surface area (Å²) in [6.07, 6.45) is 9.63. The average Bonchev–Trinajstić information content (AvgIpc) is 1.60. The van der Waals surface area contributed by atoms with Crippen LogP contribution in [0.4, 0.5) is 0 Å². The van der Waals surface area contributed by atoms with E-state index in [1.807, 2.05) is 158 Å². The second-order valence-electron chi connectivity index (χ2n) is 28.8. The molecule has 5 N–H and O–H groups in total. The van der Waals surface area contributed by atoms with Crippen LogP contribution < -0.4 is 41.2 Å². The third kappa shape index (κ3) is 16.9. The van der Waals surface area contributed by atoms with Gasteiger partial charge in [-0.2, -0.15) is 38.0 Å². The van der Waals surface area contributed by atoms with Crippen LogP contribution in [0.3, 0.4) is 0 Å². The molecule has 28 heteroatoms. The molecule has 8 aromatic carbocycles. The summed E-state index contributed by atoms with van der Waals surface area (Å²) in [5.41, 5.74) is 12.0. The number of carbonyl (C=O) groups is 1. The van der Waals surface area contributed by atoms with Crippen molar-refractivity contribution in [3.63, 3.8) is 0 Å². The Hall–Kier alpha value is -13.6. The van der Waals surface area contributed by atoms with Crippen LogP contribution in [0.5, 0.6) is 23.0 Å². The number of hydrogen-bond donors (Lipinski definition) is 5. The Labute approximate surface area is 672 Å². The van der Waals surface area contributed by atoms with Crippen LogP contribution in [-0.2, 0) is 32.8 Å². The predicted molar refractivity (Wildman–Crippen MR) is 440 cm³/mol. The van der Waals surface area contributed by atoms with Gasteiger partial charge in [-0.25, -0.2) is 24.7 Å². The van der Waals surface area contributed by atoms with E-state index in [1.165, 1.54) is 109 Å². The fourth-order valence-corrected chi connectivity index (χ4v) is 14.3. The van der Waals surface area contributed by atoms with Crippen LogP contribution in [0.1, 0.15) is 129 Å². The molecule has 0 radical (unpaired) electrons. The Morgan fingerprint density at radius 1 is 0.397 bits per heavy atom. The maximum atomic E-state index is 12.8. The Kier molecular flexibility index (Phi) is 22.1. The second-order valence-corrected chi connectivity index (χ2v) is 29.6. The molecule has 0 unspecified atom stereocenters. The molecular weight excluding hydrogens is 1510 g/mol. The summed E-state index contributed by atoms with van der Waals surface area (Å²) in [6.45, 7) is 8.43. The van der Waals surface area contributed by atoms with Gasteiger partial charge >= 0.3 is 5.97 Å². The number of aromatic carboxylic acids is 1. The molecular formula is C88H78Cl2N16O10. The predicted octanol–water partition coefficient (Wildman–Crippen LogP) is 16.0. The van der Waals surface area contributed by atoms with Crippen molar-refractivity contribution in [3.8, 4) is 68.5 Å². The Morgan fingerprint density at radius 3 is 1.14 bits per heavy atom. The SMILES string of the molecule is Cc1cccc(OCc2cc(=O)n3[nH]c(-c4ccccc4)nc3n2)c1C(=O)O.Cc1cccc(OCc2cc(=O)n3[nH]c(-c4ccccc4)nc3n2)c1CC1CC1.Cc1cccc(OCc2nc3nc(-c4ccccc4)[nH]n3c(=O)c2Cl)c1C1CC1.Cc1cccc(OCc2nc3nc(-c4ccccc4)[nH]n3c(=O)c2Cl)c1C1CCC1. The van der Waals surface area contributed by atoms with Gasteiger partial charge in [0.25, 0.3) is 45.3 Å². The minimum Gasteiger partial charge on any atom is -0.487 e. The molecule has 3 aliphatic rings. The third-order valence-electron chi connectivity index (χ3n) is 20.5. The summed E-state index contributed by atoms with van der Waals surface area (Å²) in [4.78, 5) is 97.4. The summed E-state index contributed by atoms with van der Waals surface area (Å²) >= 11 is 12.7. The largest absolute Gasteiger partial charge is 0.487 e. The van der Waals surface area contributed by atoms with Crippen LogP contribution in [0, 0.1) is 33.6 Å². The number of H-pyrrole nitrogens is 4. The number of fused-ring (bicyclic) bond motifs is 4. The maximum absolute atomic E-state index is 12.8. The van der Waals surface area contributed by atoms with Crippen LogP contribution in [0.2, 0.25) is 10.0 Å². The highest BCUT2D eigenvalue weighted by atomic mass is 35.5. The van der Waals surface area contributed by atoms with E-state index in [-0.39, 0.29) is 76.2 Å². The fraction of sp³-hybridized carbons (Fsp3) is 0.216. The molecule has 584 valence electrons. The average molecular weight is 1590 g/mol. The summed E-state index contributed by atoms with van der Waals surface area (Å²) < 4.78 is 29.0. The minimum atomic E-state index is -1.07. The number of aromatic nitrogens is 16. The first-order valence-corrected chi connectivity index (χ1v) is 38.8. The number of benzene rings is 8. The Bertz CT molecular complexity index is 6570. The van der Waals surface area contributed by atoms with Gasteiger partial charge in [0.2, 0.25) is 0 Å². The van der Waals surface area contributed by atoms with E-state index in [2.05, 4.69) is 99.2 Å². The van der Waals surface area contributed by atoms with E-state index in [9.17, 15) is 29.1 Å². The van der Waals surface area contributed by atoms with Gasteiger partial charge in [0.1, 0.15) is 76.4 Å². The lowest BCUT2D eigenvalue weighted by atomic mass is 9.78. The van der Waals surface area contributed by atoms with Crippen molar-refractivity contribution in [2.75, 3.05) is 0 Å². The Morgan fingerprint density at radius 2 is 0.750 bits per heavy atom. The van der Waals surface area contributed by atoms with Crippen molar-refractivity contribution in [2.45, 2.75) is 117 Å². The number of aromatic amines is 4. The van der Waals surface area contributed by atoms with Crippen LogP contribution in [0.15, 0.2) is 225 Å². The lowest BCUT2D eigenvalue weighted by molar-refractivity contribution is 0.0690. The lowest BCUT2D eigenvalue weighted by Crippen LogP contribution is -2.19. The number of aryl methyl sites for hydroxylation is 4. The molecule has 0 atom stereocenters. The molecule has 0 saturated heterocycles. The van der Waals surface area contributed by atoms with E-state index >= 15 is 0 Å². The first kappa shape index (κ1) is 76.4. The van der Waals surface area contributed by atoms with E-state index in [1.54, 1.807) is 25.1 Å². The number of carboxylic acids is 1. The molecule has 16 aromatic rings. The third-order valence-corrected chi connectivity index (χ3v) is 21.3. The van der Waals surface area contributed by atoms with Crippen molar-refractivity contribution in [3.05, 3.63) is 325 Å². The van der Waals surface area contributed by atoms with Crippen molar-refractivity contribution in [1.29, 1.82) is 0 Å². The zero-order valence-corrected chi connectivity index (χ0v) is 65.1. The molecule has 0 bridgehead atoms. The molecule has 19 rings (SSSR count). The van der Waals surface area contributed by atoms with Crippen LogP contribution in [-0.4, -0.2) is 89.4 Å². The van der Waals surface area contributed by atoms with Gasteiger partial charge in [-0.05, 0) is 142 Å². The number of halogens is 2.